The Labute approximate surface area is 150 Å². The fourth-order valence-electron chi connectivity index (χ4n) is 1.70. The predicted molar refractivity (Wildman–Crippen MR) is 99.8 cm³/mol. The van der Waals surface area contributed by atoms with Gasteiger partial charge in [-0.1, -0.05) is 47.1 Å². The number of nitrogens with one attached hydrogen (secondary N) is 1. The molecule has 0 spiro atoms. The number of pyridine rings is 1. The lowest BCUT2D eigenvalue weighted by molar-refractivity contribution is 1.21. The minimum atomic E-state index is 0.382. The fourth-order valence-corrected chi connectivity index (χ4v) is 4.00. The second-order valence-electron chi connectivity index (χ2n) is 4.44. The molecule has 0 radical (unpaired) electrons. The summed E-state index contributed by atoms with van der Waals surface area (Å²) in [6.07, 6.45) is 1.48. The maximum absolute atomic E-state index is 6.00. The first kappa shape index (κ1) is 16.3. The number of thioether (sulfide) groups is 1. The van der Waals surface area contributed by atoms with Crippen LogP contribution in [-0.2, 0) is 0 Å². The van der Waals surface area contributed by atoms with Gasteiger partial charge in [0.05, 0.1) is 26.0 Å². The summed E-state index contributed by atoms with van der Waals surface area (Å²) in [5.74, 6) is 1.34. The SMILES string of the molecule is NC(CSc1nc2ccccc2s1)=NNc1ncc(Cl)cc1Cl. The number of hydrogen-bond donors (Lipinski definition) is 2. The number of nitrogens with zero attached hydrogens (tertiary/aromatic N) is 3. The largest absolute Gasteiger partial charge is 0.385 e. The number of benzene rings is 1. The van der Waals surface area contributed by atoms with Crippen molar-refractivity contribution in [1.82, 2.24) is 9.97 Å². The molecule has 23 heavy (non-hydrogen) atoms. The highest BCUT2D eigenvalue weighted by Crippen LogP contribution is 2.29. The van der Waals surface area contributed by atoms with E-state index in [1.807, 2.05) is 24.3 Å². The number of fused-ring (bicyclic) bond motifs is 1. The molecule has 0 aliphatic heterocycles. The maximum Gasteiger partial charge on any atom is 0.165 e. The zero-order valence-corrected chi connectivity index (χ0v) is 14.8. The number of halogens is 2. The number of hydrazone groups is 1. The molecule has 0 amide bonds. The highest BCUT2D eigenvalue weighted by Gasteiger charge is 2.06. The first-order chi connectivity index (χ1) is 11.1. The zero-order chi connectivity index (χ0) is 16.2. The van der Waals surface area contributed by atoms with Gasteiger partial charge in [-0.15, -0.1) is 11.3 Å². The Morgan fingerprint density at radius 2 is 2.17 bits per heavy atom. The third-order valence-corrected chi connectivity index (χ3v) is 5.44. The lowest BCUT2D eigenvalue weighted by Crippen LogP contribution is -2.16. The summed E-state index contributed by atoms with van der Waals surface area (Å²) in [7, 11) is 0. The minimum Gasteiger partial charge on any atom is -0.385 e. The average Bonchev–Trinajstić information content (AvgIpc) is 2.95. The highest BCUT2D eigenvalue weighted by atomic mass is 35.5. The van der Waals surface area contributed by atoms with E-state index in [1.54, 1.807) is 17.4 Å². The number of anilines is 1. The molecule has 9 heteroatoms. The van der Waals surface area contributed by atoms with Crippen molar-refractivity contribution in [2.45, 2.75) is 4.34 Å². The molecule has 118 valence electrons. The van der Waals surface area contributed by atoms with Crippen molar-refractivity contribution in [3.05, 3.63) is 46.6 Å². The van der Waals surface area contributed by atoms with Crippen LogP contribution in [0.15, 0.2) is 46.0 Å². The van der Waals surface area contributed by atoms with Gasteiger partial charge in [0, 0.05) is 6.20 Å². The summed E-state index contributed by atoms with van der Waals surface area (Å²) in [6.45, 7) is 0. The topological polar surface area (TPSA) is 76.2 Å². The molecule has 2 aromatic heterocycles. The molecule has 3 N–H and O–H groups in total. The van der Waals surface area contributed by atoms with Crippen molar-refractivity contribution in [2.75, 3.05) is 11.2 Å². The van der Waals surface area contributed by atoms with E-state index < -0.39 is 0 Å². The van der Waals surface area contributed by atoms with Crippen LogP contribution in [0.4, 0.5) is 5.82 Å². The third kappa shape index (κ3) is 4.26. The van der Waals surface area contributed by atoms with Crippen LogP contribution in [0, 0.1) is 0 Å². The summed E-state index contributed by atoms with van der Waals surface area (Å²) < 4.78 is 2.10. The van der Waals surface area contributed by atoms with E-state index in [-0.39, 0.29) is 0 Å². The van der Waals surface area contributed by atoms with Gasteiger partial charge in [-0.3, -0.25) is 5.43 Å². The van der Waals surface area contributed by atoms with Crippen LogP contribution in [-0.4, -0.2) is 21.6 Å². The number of aromatic nitrogens is 2. The molecule has 0 unspecified atom stereocenters. The summed E-state index contributed by atoms with van der Waals surface area (Å²) >= 11 is 14.9. The van der Waals surface area contributed by atoms with E-state index in [1.165, 1.54) is 18.0 Å². The van der Waals surface area contributed by atoms with Crippen molar-refractivity contribution in [1.29, 1.82) is 0 Å². The van der Waals surface area contributed by atoms with Crippen LogP contribution in [0.2, 0.25) is 10.0 Å². The molecule has 0 atom stereocenters. The molecule has 3 aromatic rings. The number of hydrogen-bond acceptors (Lipinski definition) is 6. The Hall–Kier alpha value is -1.54. The Morgan fingerprint density at radius 1 is 1.35 bits per heavy atom. The van der Waals surface area contributed by atoms with Gasteiger partial charge in [-0.2, -0.15) is 5.10 Å². The molecule has 0 aliphatic rings. The lowest BCUT2D eigenvalue weighted by atomic mass is 10.3. The van der Waals surface area contributed by atoms with Crippen molar-refractivity contribution in [2.24, 2.45) is 10.8 Å². The maximum atomic E-state index is 6.00. The molecule has 5 nitrogen and oxygen atoms in total. The Balaban J connectivity index is 1.61. The normalized spacial score (nSPS) is 11.8. The van der Waals surface area contributed by atoms with E-state index in [0.29, 0.717) is 27.5 Å². The quantitative estimate of drug-likeness (QED) is 0.294. The van der Waals surface area contributed by atoms with Crippen molar-refractivity contribution in [3.8, 4) is 0 Å². The van der Waals surface area contributed by atoms with Gasteiger partial charge < -0.3 is 5.73 Å². The Bertz CT molecular complexity index is 832. The lowest BCUT2D eigenvalue weighted by Gasteiger charge is -2.03. The van der Waals surface area contributed by atoms with Crippen molar-refractivity contribution >= 4 is 68.2 Å². The molecule has 0 saturated heterocycles. The molecular formula is C14H11Cl2N5S2. The van der Waals surface area contributed by atoms with Gasteiger partial charge in [0.25, 0.3) is 0 Å². The smallest absolute Gasteiger partial charge is 0.165 e. The van der Waals surface area contributed by atoms with Gasteiger partial charge in [0.2, 0.25) is 0 Å². The van der Waals surface area contributed by atoms with Gasteiger partial charge in [-0.25, -0.2) is 9.97 Å². The van der Waals surface area contributed by atoms with E-state index >= 15 is 0 Å². The summed E-state index contributed by atoms with van der Waals surface area (Å²) in [5, 5.41) is 4.91. The van der Waals surface area contributed by atoms with Crippen LogP contribution in [0.1, 0.15) is 0 Å². The number of nitrogens with two attached hydrogens (primary N) is 1. The van der Waals surface area contributed by atoms with Crippen LogP contribution in [0.5, 0.6) is 0 Å². The third-order valence-electron chi connectivity index (χ3n) is 2.73. The summed E-state index contributed by atoms with van der Waals surface area (Å²) in [4.78, 5) is 8.57. The van der Waals surface area contributed by atoms with Gasteiger partial charge in [0.1, 0.15) is 5.84 Å². The van der Waals surface area contributed by atoms with Gasteiger partial charge in [-0.05, 0) is 18.2 Å². The average molecular weight is 384 g/mol. The van der Waals surface area contributed by atoms with Gasteiger partial charge >= 0.3 is 0 Å². The molecule has 0 saturated carbocycles. The van der Waals surface area contributed by atoms with Crippen molar-refractivity contribution in [3.63, 3.8) is 0 Å². The van der Waals surface area contributed by atoms with E-state index in [2.05, 4.69) is 20.5 Å². The van der Waals surface area contributed by atoms with E-state index in [4.69, 9.17) is 28.9 Å². The van der Waals surface area contributed by atoms with Crippen LogP contribution >= 0.6 is 46.3 Å². The van der Waals surface area contributed by atoms with Crippen LogP contribution < -0.4 is 11.2 Å². The Morgan fingerprint density at radius 3 is 2.96 bits per heavy atom. The second kappa shape index (κ2) is 7.35. The monoisotopic (exact) mass is 383 g/mol. The molecule has 1 aromatic carbocycles. The van der Waals surface area contributed by atoms with E-state index in [9.17, 15) is 0 Å². The number of para-hydroxylation sites is 1. The standard InChI is InChI=1S/C14H11Cl2N5S2/c15-8-5-9(16)13(18-6-8)21-20-12(17)7-22-14-19-10-3-1-2-4-11(10)23-14/h1-6H,7H2,(H2,17,20)(H,18,21). The van der Waals surface area contributed by atoms with E-state index in [0.717, 1.165) is 14.6 Å². The molecule has 3 rings (SSSR count). The minimum absolute atomic E-state index is 0.382. The molecule has 0 fully saturated rings. The highest BCUT2D eigenvalue weighted by molar-refractivity contribution is 8.01. The molecule has 0 aliphatic carbocycles. The fraction of sp³-hybridized carbons (Fsp3) is 0.0714. The molecule has 2 heterocycles. The van der Waals surface area contributed by atoms with Crippen molar-refractivity contribution < 1.29 is 0 Å². The second-order valence-corrected chi connectivity index (χ2v) is 7.53. The van der Waals surface area contributed by atoms with Crippen LogP contribution in [0.25, 0.3) is 10.2 Å². The first-order valence-electron chi connectivity index (χ1n) is 6.49. The number of rotatable bonds is 5. The number of amidine groups is 1. The summed E-state index contributed by atoms with van der Waals surface area (Å²) in [6, 6.07) is 9.59. The van der Waals surface area contributed by atoms with Crippen LogP contribution in [0.3, 0.4) is 0 Å². The Kier molecular flexibility index (Phi) is 5.22. The molecular weight excluding hydrogens is 373 g/mol. The zero-order valence-electron chi connectivity index (χ0n) is 11.7. The van der Waals surface area contributed by atoms with Gasteiger partial charge in [0.15, 0.2) is 10.2 Å². The summed E-state index contributed by atoms with van der Waals surface area (Å²) in [5.41, 5.74) is 9.62. The number of thiazole rings is 1. The molecule has 0 bridgehead atoms. The first-order valence-corrected chi connectivity index (χ1v) is 9.05. The predicted octanol–water partition coefficient (Wildman–Crippen LogP) is 4.47.